The molecule has 0 bridgehead atoms. The highest BCUT2D eigenvalue weighted by Crippen LogP contribution is 2.01. The molecule has 0 fully saturated rings. The van der Waals surface area contributed by atoms with Gasteiger partial charge in [-0.1, -0.05) is 0 Å². The Bertz CT molecular complexity index is 66.1. The monoisotopic (exact) mass is 150 g/mol. The van der Waals surface area contributed by atoms with Gasteiger partial charge in [0.15, 0.2) is 0 Å². The van der Waals surface area contributed by atoms with Crippen LogP contribution in [0.2, 0.25) is 0 Å². The van der Waals surface area contributed by atoms with Crippen molar-refractivity contribution < 1.29 is 20.4 Å². The van der Waals surface area contributed by atoms with E-state index in [1.165, 1.54) is 0 Å². The molecule has 0 amide bonds. The minimum absolute atomic E-state index is 0.149. The lowest BCUT2D eigenvalue weighted by molar-refractivity contribution is -0.00668. The van der Waals surface area contributed by atoms with Gasteiger partial charge in [0.05, 0.1) is 12.2 Å². The van der Waals surface area contributed by atoms with E-state index < -0.39 is 12.2 Å². The Kier molecular flexibility index (Phi) is 5.52. The van der Waals surface area contributed by atoms with Gasteiger partial charge in [0.1, 0.15) is 0 Å². The summed E-state index contributed by atoms with van der Waals surface area (Å²) in [4.78, 5) is 0. The summed E-state index contributed by atoms with van der Waals surface area (Å²) in [5, 5.41) is 34.5. The van der Waals surface area contributed by atoms with Crippen molar-refractivity contribution in [2.24, 2.45) is 0 Å². The van der Waals surface area contributed by atoms with Crippen LogP contribution in [0.4, 0.5) is 0 Å². The highest BCUT2D eigenvalue weighted by atomic mass is 16.3. The van der Waals surface area contributed by atoms with Gasteiger partial charge in [-0.25, -0.2) is 0 Å². The Labute approximate surface area is 59.7 Å². The second-order valence-electron chi connectivity index (χ2n) is 2.16. The van der Waals surface area contributed by atoms with Crippen LogP contribution in [0.3, 0.4) is 0 Å². The van der Waals surface area contributed by atoms with E-state index in [4.69, 9.17) is 20.4 Å². The average molecular weight is 150 g/mol. The van der Waals surface area contributed by atoms with E-state index in [9.17, 15) is 0 Å². The fraction of sp³-hybridized carbons (Fsp3) is 1.00. The van der Waals surface area contributed by atoms with Crippen LogP contribution in [-0.2, 0) is 0 Å². The van der Waals surface area contributed by atoms with Gasteiger partial charge < -0.3 is 20.4 Å². The van der Waals surface area contributed by atoms with Crippen molar-refractivity contribution in [2.45, 2.75) is 25.0 Å². The second kappa shape index (κ2) is 5.61. The van der Waals surface area contributed by atoms with Gasteiger partial charge in [-0.15, -0.1) is 0 Å². The minimum Gasteiger partial charge on any atom is -0.396 e. The van der Waals surface area contributed by atoms with Crippen LogP contribution in [0.15, 0.2) is 0 Å². The molecule has 0 aliphatic heterocycles. The van der Waals surface area contributed by atoms with Crippen molar-refractivity contribution in [3.05, 3.63) is 0 Å². The largest absolute Gasteiger partial charge is 0.396 e. The summed E-state index contributed by atoms with van der Waals surface area (Å²) in [7, 11) is 0. The molecule has 2 atom stereocenters. The van der Waals surface area contributed by atoms with Gasteiger partial charge in [0.2, 0.25) is 0 Å². The van der Waals surface area contributed by atoms with Crippen molar-refractivity contribution in [2.75, 3.05) is 13.2 Å². The summed E-state index contributed by atoms with van der Waals surface area (Å²) >= 11 is 0. The fourth-order valence-corrected chi connectivity index (χ4v) is 0.649. The number of aliphatic hydroxyl groups excluding tert-OH is 4. The maximum atomic E-state index is 8.93. The van der Waals surface area contributed by atoms with E-state index in [2.05, 4.69) is 0 Å². The lowest BCUT2D eigenvalue weighted by Crippen LogP contribution is -2.27. The summed E-state index contributed by atoms with van der Waals surface area (Å²) in [6.45, 7) is -0.298. The zero-order valence-corrected chi connectivity index (χ0v) is 5.77. The van der Waals surface area contributed by atoms with Crippen LogP contribution in [0, 0.1) is 0 Å². The third-order valence-electron chi connectivity index (χ3n) is 1.29. The molecule has 0 saturated carbocycles. The molecule has 0 aromatic heterocycles. The number of rotatable bonds is 5. The number of aliphatic hydroxyl groups is 4. The second-order valence-corrected chi connectivity index (χ2v) is 2.16. The van der Waals surface area contributed by atoms with Crippen LogP contribution >= 0.6 is 0 Å². The number of hydrogen-bond acceptors (Lipinski definition) is 4. The van der Waals surface area contributed by atoms with E-state index in [0.29, 0.717) is 0 Å². The van der Waals surface area contributed by atoms with Crippen molar-refractivity contribution in [3.63, 3.8) is 0 Å². The predicted molar refractivity (Wildman–Crippen MR) is 35.4 cm³/mol. The molecule has 0 aliphatic rings. The van der Waals surface area contributed by atoms with E-state index in [0.717, 1.165) is 0 Å². The van der Waals surface area contributed by atoms with Gasteiger partial charge in [-0.05, 0) is 12.8 Å². The normalized spacial score (nSPS) is 16.8. The molecule has 0 heterocycles. The predicted octanol–water partition coefficient (Wildman–Crippen LogP) is -1.53. The van der Waals surface area contributed by atoms with Gasteiger partial charge in [-0.3, -0.25) is 0 Å². The fourth-order valence-electron chi connectivity index (χ4n) is 0.649. The standard InChI is InChI=1S/C6H14O4/c7-3-1-5(9)6(10)2-4-8/h5-10H,1-4H2. The first-order chi connectivity index (χ1) is 4.72. The zero-order chi connectivity index (χ0) is 7.98. The Morgan fingerprint density at radius 2 is 1.10 bits per heavy atom. The van der Waals surface area contributed by atoms with E-state index in [1.54, 1.807) is 0 Å². The lowest BCUT2D eigenvalue weighted by atomic mass is 10.1. The summed E-state index contributed by atoms with van der Waals surface area (Å²) in [6.07, 6.45) is -1.53. The van der Waals surface area contributed by atoms with Crippen LogP contribution in [0.25, 0.3) is 0 Å². The topological polar surface area (TPSA) is 80.9 Å². The van der Waals surface area contributed by atoms with E-state index >= 15 is 0 Å². The molecular formula is C6H14O4. The molecule has 0 aromatic carbocycles. The molecule has 4 heteroatoms. The summed E-state index contributed by atoms with van der Waals surface area (Å²) in [6, 6.07) is 0. The molecule has 0 aromatic rings. The smallest absolute Gasteiger partial charge is 0.0821 e. The number of hydrogen-bond donors (Lipinski definition) is 4. The van der Waals surface area contributed by atoms with Crippen molar-refractivity contribution in [1.29, 1.82) is 0 Å². The van der Waals surface area contributed by atoms with Crippen molar-refractivity contribution >= 4 is 0 Å². The molecule has 10 heavy (non-hydrogen) atoms. The third kappa shape index (κ3) is 3.79. The highest BCUT2D eigenvalue weighted by molar-refractivity contribution is 4.65. The Morgan fingerprint density at radius 1 is 0.800 bits per heavy atom. The molecule has 0 rings (SSSR count). The zero-order valence-electron chi connectivity index (χ0n) is 5.77. The molecular weight excluding hydrogens is 136 g/mol. The van der Waals surface area contributed by atoms with Gasteiger partial charge in [0.25, 0.3) is 0 Å². The first kappa shape index (κ1) is 9.84. The maximum Gasteiger partial charge on any atom is 0.0821 e. The molecule has 0 spiro atoms. The van der Waals surface area contributed by atoms with Gasteiger partial charge >= 0.3 is 0 Å². The van der Waals surface area contributed by atoms with E-state index in [1.807, 2.05) is 0 Å². The maximum absolute atomic E-state index is 8.93. The minimum atomic E-state index is -0.919. The van der Waals surface area contributed by atoms with E-state index in [-0.39, 0.29) is 26.1 Å². The first-order valence-electron chi connectivity index (χ1n) is 3.30. The van der Waals surface area contributed by atoms with Gasteiger partial charge in [0, 0.05) is 13.2 Å². The Hall–Kier alpha value is -0.160. The molecule has 2 unspecified atom stereocenters. The van der Waals surface area contributed by atoms with Crippen LogP contribution in [0.1, 0.15) is 12.8 Å². The van der Waals surface area contributed by atoms with Crippen LogP contribution in [0.5, 0.6) is 0 Å². The molecule has 0 saturated heterocycles. The van der Waals surface area contributed by atoms with Crippen molar-refractivity contribution in [1.82, 2.24) is 0 Å². The molecule has 62 valence electrons. The Balaban J connectivity index is 3.38. The van der Waals surface area contributed by atoms with Crippen LogP contribution < -0.4 is 0 Å². The molecule has 4 nitrogen and oxygen atoms in total. The average Bonchev–Trinajstić information content (AvgIpc) is 1.89. The highest BCUT2D eigenvalue weighted by Gasteiger charge is 2.13. The van der Waals surface area contributed by atoms with Crippen LogP contribution in [-0.4, -0.2) is 45.8 Å². The van der Waals surface area contributed by atoms with Crippen molar-refractivity contribution in [3.8, 4) is 0 Å². The molecule has 4 N–H and O–H groups in total. The summed E-state index contributed by atoms with van der Waals surface area (Å²) in [5.74, 6) is 0. The quantitative estimate of drug-likeness (QED) is 0.383. The summed E-state index contributed by atoms with van der Waals surface area (Å²) < 4.78 is 0. The molecule has 0 aliphatic carbocycles. The SMILES string of the molecule is OCCC(O)C(O)CCO. The van der Waals surface area contributed by atoms with Gasteiger partial charge in [-0.2, -0.15) is 0 Å². The molecule has 0 radical (unpaired) electrons. The third-order valence-corrected chi connectivity index (χ3v) is 1.29. The lowest BCUT2D eigenvalue weighted by Gasteiger charge is -2.14. The first-order valence-corrected chi connectivity index (χ1v) is 3.30. The Morgan fingerprint density at radius 3 is 1.30 bits per heavy atom. The summed E-state index contributed by atoms with van der Waals surface area (Å²) in [5.41, 5.74) is 0.